The van der Waals surface area contributed by atoms with E-state index in [0.29, 0.717) is 46.2 Å². The van der Waals surface area contributed by atoms with Crippen LogP contribution in [-0.4, -0.2) is 77.6 Å². The number of H-pyrrole nitrogens is 2. The minimum absolute atomic E-state index is 0. The van der Waals surface area contributed by atoms with Gasteiger partial charge in [-0.2, -0.15) is 0 Å². The van der Waals surface area contributed by atoms with Gasteiger partial charge in [0.05, 0.1) is 11.4 Å². The first-order valence-electron chi connectivity index (χ1n) is 27.3. The lowest BCUT2D eigenvalue weighted by atomic mass is 9.91. The SMILES string of the molecule is CC(C)(C)OC(=O)Nc1ccc(C(=O)N[C@H]2CCC[C@@H](Nc3ncc(C4CC4)c(-c4c[nH]c5ccccc45)n3)C2)cc1.Cl.Cl.Nc1ccc(C(=O)N[C@H]2CCC[C@@H](Nc3ncc(C4CC4)c(-c4c[nH]c5ccccc45)n3)C2)cc1. The van der Waals surface area contributed by atoms with E-state index in [1.54, 1.807) is 48.5 Å². The molecule has 18 heteroatoms. The van der Waals surface area contributed by atoms with Crippen LogP contribution in [0.15, 0.2) is 122 Å². The lowest BCUT2D eigenvalue weighted by Gasteiger charge is -2.30. The van der Waals surface area contributed by atoms with Crippen LogP contribution in [-0.2, 0) is 4.74 Å². The number of halogens is 2. The predicted octanol–water partition coefficient (Wildman–Crippen LogP) is 13.1. The van der Waals surface area contributed by atoms with Crippen LogP contribution in [0.4, 0.5) is 28.1 Å². The Kier molecular flexibility index (Phi) is 17.4. The highest BCUT2D eigenvalue weighted by Crippen LogP contribution is 2.46. The van der Waals surface area contributed by atoms with Gasteiger partial charge in [0.25, 0.3) is 11.8 Å². The standard InChI is InChI=1S/C33H38N6O3.C28H30N6O.2ClH/c1-33(2,3)42-32(41)38-22-15-13-21(14-16-22)30(40)36-23-7-6-8-24(17-23)37-31-35-18-26(20-11-12-20)29(39-31)27-19-34-28-10-5-4-9-25(27)28;29-19-12-10-18(11-13-19)27(35)32-20-4-3-5-21(14-20)33-28-31-15-23(17-8-9-17)26(34-28)24-16-30-25-7-2-1-6-22(24)25;;/h4-5,9-10,13-16,18-20,23-24,34H,6-8,11-12,17H2,1-3H3,(H,36,40)(H,38,41)(H,35,37,39);1-2,6-7,10-13,15-17,20-21,30H,3-5,8-9,14,29H2,(H,32,35)(H,31,33,34);2*1H/t23-,24+;20-,21+;;/m00../s1. The third kappa shape index (κ3) is 14.0. The first-order chi connectivity index (χ1) is 37.4. The molecule has 0 saturated heterocycles. The van der Waals surface area contributed by atoms with Crippen molar-refractivity contribution in [1.82, 2.24) is 40.5 Å². The number of nitrogen functional groups attached to an aromatic ring is 1. The van der Waals surface area contributed by atoms with Crippen LogP contribution in [0, 0.1) is 0 Å². The van der Waals surface area contributed by atoms with E-state index in [4.69, 9.17) is 30.4 Å². The second-order valence-electron chi connectivity index (χ2n) is 22.2. The highest BCUT2D eigenvalue weighted by atomic mass is 35.5. The van der Waals surface area contributed by atoms with Crippen molar-refractivity contribution in [2.75, 3.05) is 21.7 Å². The van der Waals surface area contributed by atoms with Gasteiger partial charge in [0.15, 0.2) is 0 Å². The van der Waals surface area contributed by atoms with Gasteiger partial charge in [0, 0.05) is 116 Å². The van der Waals surface area contributed by atoms with Crippen LogP contribution in [0.1, 0.15) is 141 Å². The number of nitrogens with one attached hydrogen (secondary N) is 7. The molecular weight excluding hydrogens is 1040 g/mol. The van der Waals surface area contributed by atoms with Crippen LogP contribution in [0.25, 0.3) is 44.3 Å². The van der Waals surface area contributed by atoms with Crippen LogP contribution < -0.4 is 32.3 Å². The molecule has 0 aliphatic heterocycles. The summed E-state index contributed by atoms with van der Waals surface area (Å²) in [6.45, 7) is 5.43. The number of benzene rings is 4. The Morgan fingerprint density at radius 2 is 1.00 bits per heavy atom. The van der Waals surface area contributed by atoms with Crippen LogP contribution >= 0.6 is 24.8 Å². The molecule has 4 atom stereocenters. The molecular formula is C61H70Cl2N12O4. The highest BCUT2D eigenvalue weighted by molar-refractivity contribution is 5.98. The molecule has 4 fully saturated rings. The fraction of sp³-hybridized carbons (Fsp3) is 0.361. The van der Waals surface area contributed by atoms with Crippen molar-refractivity contribution in [2.45, 2.75) is 139 Å². The van der Waals surface area contributed by atoms with Crippen molar-refractivity contribution in [1.29, 1.82) is 0 Å². The van der Waals surface area contributed by atoms with Gasteiger partial charge >= 0.3 is 6.09 Å². The molecule has 0 radical (unpaired) electrons. The van der Waals surface area contributed by atoms with Gasteiger partial charge < -0.3 is 41.7 Å². The molecule has 4 aliphatic carbocycles. The smallest absolute Gasteiger partial charge is 0.412 e. The fourth-order valence-electron chi connectivity index (χ4n) is 10.8. The normalized spacial score (nSPS) is 18.9. The minimum Gasteiger partial charge on any atom is -0.444 e. The topological polar surface area (TPSA) is 230 Å². The number of hydrogen-bond donors (Lipinski definition) is 8. The maximum atomic E-state index is 13.0. The summed E-state index contributed by atoms with van der Waals surface area (Å²) in [5, 5.41) is 18.6. The monoisotopic (exact) mass is 1100 g/mol. The second-order valence-corrected chi connectivity index (χ2v) is 22.2. The zero-order chi connectivity index (χ0) is 53.0. The van der Waals surface area contributed by atoms with E-state index < -0.39 is 11.7 Å². The zero-order valence-corrected chi connectivity index (χ0v) is 46.4. The van der Waals surface area contributed by atoms with Crippen LogP contribution in [0.2, 0.25) is 0 Å². The molecule has 9 N–H and O–H groups in total. The highest BCUT2D eigenvalue weighted by Gasteiger charge is 2.32. The van der Waals surface area contributed by atoms with Gasteiger partial charge in [-0.3, -0.25) is 14.9 Å². The first-order valence-corrected chi connectivity index (χ1v) is 27.3. The van der Waals surface area contributed by atoms with Crippen LogP contribution in [0.5, 0.6) is 0 Å². The molecule has 4 saturated carbocycles. The number of amides is 3. The Bertz CT molecular complexity index is 3410. The van der Waals surface area contributed by atoms with Gasteiger partial charge in [-0.25, -0.2) is 24.7 Å². The average Bonchev–Trinajstić information content (AvgIpc) is 4.56. The number of aromatic nitrogens is 6. The fourth-order valence-corrected chi connectivity index (χ4v) is 10.8. The molecule has 12 rings (SSSR count). The number of aromatic amines is 2. The molecule has 4 heterocycles. The Morgan fingerprint density at radius 3 is 1.44 bits per heavy atom. The third-order valence-corrected chi connectivity index (χ3v) is 15.0. The molecule has 412 valence electrons. The summed E-state index contributed by atoms with van der Waals surface area (Å²) in [6.07, 6.45) is 19.9. The summed E-state index contributed by atoms with van der Waals surface area (Å²) in [7, 11) is 0. The molecule has 16 nitrogen and oxygen atoms in total. The van der Waals surface area contributed by atoms with Gasteiger partial charge in [-0.15, -0.1) is 24.8 Å². The number of hydrogen-bond acceptors (Lipinski definition) is 11. The van der Waals surface area contributed by atoms with Crippen LogP contribution in [0.3, 0.4) is 0 Å². The quantitative estimate of drug-likeness (QED) is 0.0506. The third-order valence-electron chi connectivity index (χ3n) is 15.0. The molecule has 0 unspecified atom stereocenters. The van der Waals surface area contributed by atoms with Crippen molar-refractivity contribution in [3.8, 4) is 22.5 Å². The Hall–Kier alpha value is -7.69. The number of fused-ring (bicyclic) bond motifs is 2. The van der Waals surface area contributed by atoms with Gasteiger partial charge in [-0.1, -0.05) is 36.4 Å². The summed E-state index contributed by atoms with van der Waals surface area (Å²) in [6, 6.07) is 31.1. The van der Waals surface area contributed by atoms with E-state index in [2.05, 4.69) is 85.3 Å². The number of anilines is 4. The number of carbonyl (C=O) groups excluding carboxylic acids is 3. The molecule has 0 bridgehead atoms. The number of para-hydroxylation sites is 2. The summed E-state index contributed by atoms with van der Waals surface area (Å²) in [4.78, 5) is 63.9. The molecule has 4 aliphatic rings. The summed E-state index contributed by atoms with van der Waals surface area (Å²) < 4.78 is 5.29. The number of nitrogens with two attached hydrogens (primary N) is 1. The molecule has 3 amide bonds. The molecule has 4 aromatic heterocycles. The Morgan fingerprint density at radius 1 is 0.570 bits per heavy atom. The van der Waals surface area contributed by atoms with E-state index in [1.807, 2.05) is 45.3 Å². The van der Waals surface area contributed by atoms with Crippen molar-refractivity contribution in [3.05, 3.63) is 144 Å². The van der Waals surface area contributed by atoms with Gasteiger partial charge in [0.2, 0.25) is 11.9 Å². The van der Waals surface area contributed by atoms with E-state index in [-0.39, 0.29) is 60.8 Å². The van der Waals surface area contributed by atoms with E-state index >= 15 is 0 Å². The number of rotatable bonds is 13. The largest absolute Gasteiger partial charge is 0.444 e. The lowest BCUT2D eigenvalue weighted by Crippen LogP contribution is -2.42. The molecule has 0 spiro atoms. The van der Waals surface area contributed by atoms with Crippen molar-refractivity contribution in [2.24, 2.45) is 0 Å². The number of carbonyl (C=O) groups is 3. The molecule has 8 aromatic rings. The van der Waals surface area contributed by atoms with Crippen molar-refractivity contribution in [3.63, 3.8) is 0 Å². The maximum Gasteiger partial charge on any atom is 0.412 e. The predicted molar refractivity (Wildman–Crippen MR) is 319 cm³/mol. The van der Waals surface area contributed by atoms with Gasteiger partial charge in [-0.05, 0) is 170 Å². The maximum absolute atomic E-state index is 13.0. The minimum atomic E-state index is -0.581. The summed E-state index contributed by atoms with van der Waals surface area (Å²) in [5.74, 6) is 2.18. The average molecular weight is 1110 g/mol. The molecule has 4 aromatic carbocycles. The van der Waals surface area contributed by atoms with Crippen molar-refractivity contribution < 1.29 is 19.1 Å². The number of nitrogens with zero attached hydrogens (tertiary/aromatic N) is 4. The number of ether oxygens (including phenoxy) is 1. The van der Waals surface area contributed by atoms with E-state index in [9.17, 15) is 14.4 Å². The Labute approximate surface area is 472 Å². The van der Waals surface area contributed by atoms with E-state index in [1.165, 1.54) is 42.2 Å². The zero-order valence-electron chi connectivity index (χ0n) is 44.8. The lowest BCUT2D eigenvalue weighted by molar-refractivity contribution is 0.0635. The second kappa shape index (κ2) is 24.5. The summed E-state index contributed by atoms with van der Waals surface area (Å²) in [5.41, 5.74) is 16.5. The van der Waals surface area contributed by atoms with Gasteiger partial charge in [0.1, 0.15) is 5.60 Å². The van der Waals surface area contributed by atoms with Crippen molar-refractivity contribution >= 4 is 87.8 Å². The molecule has 79 heavy (non-hydrogen) atoms. The van der Waals surface area contributed by atoms with E-state index in [0.717, 1.165) is 90.3 Å². The first kappa shape index (κ1) is 56.0. The summed E-state index contributed by atoms with van der Waals surface area (Å²) >= 11 is 0. The Balaban J connectivity index is 0.000000190.